The molecule has 4 N–H and O–H groups in total. The third-order valence-corrected chi connectivity index (χ3v) is 13.8. The summed E-state index contributed by atoms with van der Waals surface area (Å²) in [6.07, 6.45) is 5.61. The number of nitrogens with zero attached hydrogens (tertiary/aromatic N) is 7. The normalized spacial score (nSPS) is 20.9. The Morgan fingerprint density at radius 2 is 1.66 bits per heavy atom. The molecule has 0 bridgehead atoms. The van der Waals surface area contributed by atoms with Crippen LogP contribution >= 0.6 is 0 Å². The second-order valence-corrected chi connectivity index (χ2v) is 17.9. The summed E-state index contributed by atoms with van der Waals surface area (Å²) < 4.78 is 24.2. The molecule has 1 saturated carbocycles. The minimum Gasteiger partial charge on any atom is -0.494 e. The zero-order chi connectivity index (χ0) is 44.9. The maximum Gasteiger partial charge on any atom is 0.329 e. The molecular weight excluding hydrogens is 830 g/mol. The molecule has 0 radical (unpaired) electrons. The summed E-state index contributed by atoms with van der Waals surface area (Å²) in [6.45, 7) is 5.15. The Morgan fingerprint density at radius 3 is 2.37 bits per heavy atom. The van der Waals surface area contributed by atoms with E-state index in [9.17, 15) is 23.6 Å². The topological polar surface area (TPSA) is 172 Å². The lowest BCUT2D eigenvalue weighted by Gasteiger charge is -2.38. The number of ether oxygens (including phenoxy) is 1. The van der Waals surface area contributed by atoms with Gasteiger partial charge in [-0.25, -0.2) is 18.7 Å². The Labute approximate surface area is 375 Å². The highest BCUT2D eigenvalue weighted by atomic mass is 19.1. The van der Waals surface area contributed by atoms with Gasteiger partial charge in [0.25, 0.3) is 5.91 Å². The number of piperidine rings is 3. The van der Waals surface area contributed by atoms with Gasteiger partial charge in [-0.2, -0.15) is 0 Å². The van der Waals surface area contributed by atoms with Crippen LogP contribution in [0, 0.1) is 5.92 Å². The Bertz CT molecular complexity index is 2860. The van der Waals surface area contributed by atoms with Crippen LogP contribution < -0.4 is 36.6 Å². The van der Waals surface area contributed by atoms with Crippen LogP contribution in [0.1, 0.15) is 73.0 Å². The number of para-hydroxylation sites is 1. The third kappa shape index (κ3) is 8.17. The van der Waals surface area contributed by atoms with E-state index >= 15 is 0 Å². The Balaban J connectivity index is 0.737. The van der Waals surface area contributed by atoms with E-state index in [0.717, 1.165) is 92.1 Å². The molecule has 0 spiro atoms. The van der Waals surface area contributed by atoms with Crippen molar-refractivity contribution in [2.45, 2.75) is 69.1 Å². The number of benzene rings is 3. The molecule has 65 heavy (non-hydrogen) atoms. The Kier molecular flexibility index (Phi) is 11.3. The largest absolute Gasteiger partial charge is 0.494 e. The van der Waals surface area contributed by atoms with Crippen molar-refractivity contribution in [3.8, 4) is 16.9 Å². The maximum atomic E-state index is 13.6. The van der Waals surface area contributed by atoms with Gasteiger partial charge in [0.05, 0.1) is 41.8 Å². The van der Waals surface area contributed by atoms with Gasteiger partial charge >= 0.3 is 5.69 Å². The van der Waals surface area contributed by atoms with E-state index in [1.54, 1.807) is 25.8 Å². The van der Waals surface area contributed by atoms with E-state index in [1.165, 1.54) is 21.0 Å². The average molecular weight is 884 g/mol. The van der Waals surface area contributed by atoms with E-state index in [-0.39, 0.29) is 23.7 Å². The number of aryl methyl sites for hydroxylation is 1. The number of alkyl halides is 1. The van der Waals surface area contributed by atoms with Crippen LogP contribution in [0.25, 0.3) is 27.8 Å². The predicted molar refractivity (Wildman–Crippen MR) is 247 cm³/mol. The molecule has 3 aromatic carbocycles. The molecule has 17 heteroatoms. The lowest BCUT2D eigenvalue weighted by molar-refractivity contribution is -0.135. The quantitative estimate of drug-likeness (QED) is 0.110. The zero-order valence-electron chi connectivity index (χ0n) is 36.8. The van der Waals surface area contributed by atoms with Crippen LogP contribution in [-0.4, -0.2) is 105 Å². The molecule has 16 nitrogen and oxygen atoms in total. The number of carbonyl (C=O) groups excluding carboxylic acids is 3. The molecule has 3 aromatic heterocycles. The van der Waals surface area contributed by atoms with E-state index in [1.807, 2.05) is 36.4 Å². The molecule has 1 unspecified atom stereocenters. The van der Waals surface area contributed by atoms with Gasteiger partial charge in [-0.3, -0.25) is 28.8 Å². The second kappa shape index (κ2) is 17.3. The fraction of sp³-hybridized carbons (Fsp3) is 0.417. The van der Waals surface area contributed by atoms with Crippen LogP contribution in [0.4, 0.5) is 27.3 Å². The van der Waals surface area contributed by atoms with E-state index in [2.05, 4.69) is 66.4 Å². The summed E-state index contributed by atoms with van der Waals surface area (Å²) >= 11 is 0. The maximum absolute atomic E-state index is 13.6. The molecule has 6 aromatic rings. The molecule has 6 heterocycles. The number of imide groups is 1. The number of fused-ring (bicyclic) bond motifs is 2. The fourth-order valence-electron chi connectivity index (χ4n) is 10.1. The van der Waals surface area contributed by atoms with Crippen LogP contribution in [0.15, 0.2) is 77.7 Å². The smallest absolute Gasteiger partial charge is 0.329 e. The van der Waals surface area contributed by atoms with Crippen molar-refractivity contribution >= 4 is 57.3 Å². The molecular formula is C48H54FN11O5. The summed E-state index contributed by atoms with van der Waals surface area (Å²) in [5.74, 6) is 1.10. The van der Waals surface area contributed by atoms with Gasteiger partial charge in [-0.15, -0.1) is 5.10 Å². The third-order valence-electron chi connectivity index (χ3n) is 13.8. The number of halogens is 1. The number of amides is 3. The van der Waals surface area contributed by atoms with Gasteiger partial charge in [0.1, 0.15) is 18.0 Å². The first-order valence-electron chi connectivity index (χ1n) is 22.6. The Morgan fingerprint density at radius 1 is 0.908 bits per heavy atom. The summed E-state index contributed by atoms with van der Waals surface area (Å²) in [7, 11) is 5.20. The molecule has 3 aliphatic heterocycles. The first kappa shape index (κ1) is 42.2. The summed E-state index contributed by atoms with van der Waals surface area (Å²) in [5, 5.41) is 16.4. The van der Waals surface area contributed by atoms with Crippen molar-refractivity contribution in [2.24, 2.45) is 13.0 Å². The predicted octanol–water partition coefficient (Wildman–Crippen LogP) is 5.76. The van der Waals surface area contributed by atoms with E-state index in [0.29, 0.717) is 47.3 Å². The number of methoxy groups -OCH3 is 1. The van der Waals surface area contributed by atoms with Crippen molar-refractivity contribution in [1.29, 1.82) is 0 Å². The molecule has 3 atom stereocenters. The molecule has 338 valence electrons. The van der Waals surface area contributed by atoms with E-state index < -0.39 is 30.1 Å². The Hall–Kier alpha value is -6.75. The number of nitrogens with one attached hydrogen (secondary N) is 4. The van der Waals surface area contributed by atoms with Crippen molar-refractivity contribution in [2.75, 3.05) is 62.4 Å². The fourth-order valence-corrected chi connectivity index (χ4v) is 10.1. The lowest BCUT2D eigenvalue weighted by atomic mass is 9.87. The highest BCUT2D eigenvalue weighted by Crippen LogP contribution is 2.40. The first-order valence-corrected chi connectivity index (χ1v) is 22.6. The van der Waals surface area contributed by atoms with Crippen LogP contribution in [0.3, 0.4) is 0 Å². The van der Waals surface area contributed by atoms with Crippen molar-refractivity contribution < 1.29 is 23.5 Å². The first-order chi connectivity index (χ1) is 31.6. The molecule has 4 aliphatic rings. The SMILES string of the molecule is CNc1cc(Nc2cccc(C3CCN(CC4CCN(c5ccc(-c6ccc7c(c6)n(C)c(=O)n7C6CCC(=O)NC6=O)cc5)CC4)CC3)c2OC)nn2c(C(=O)N[C@@H]3C[C@@H]3F)cnc12. The van der Waals surface area contributed by atoms with Gasteiger partial charge in [-0.05, 0) is 104 Å². The molecule has 1 aliphatic carbocycles. The number of hydrogen-bond donors (Lipinski definition) is 4. The van der Waals surface area contributed by atoms with Crippen molar-refractivity contribution in [1.82, 2.24) is 39.3 Å². The number of hydrogen-bond acceptors (Lipinski definition) is 11. The van der Waals surface area contributed by atoms with Gasteiger partial charge in [0.15, 0.2) is 17.2 Å². The minimum absolute atomic E-state index is 0.206. The second-order valence-electron chi connectivity index (χ2n) is 17.9. The summed E-state index contributed by atoms with van der Waals surface area (Å²) in [6, 6.07) is 21.3. The van der Waals surface area contributed by atoms with Crippen LogP contribution in [-0.2, 0) is 16.6 Å². The molecule has 3 saturated heterocycles. The molecule has 3 amide bonds. The van der Waals surface area contributed by atoms with Crippen LogP contribution in [0.5, 0.6) is 5.75 Å². The summed E-state index contributed by atoms with van der Waals surface area (Å²) in [4.78, 5) is 60.1. The zero-order valence-corrected chi connectivity index (χ0v) is 36.8. The number of anilines is 4. The summed E-state index contributed by atoms with van der Waals surface area (Å²) in [5.41, 5.74) is 7.73. The molecule has 4 fully saturated rings. The van der Waals surface area contributed by atoms with Crippen molar-refractivity contribution in [3.63, 3.8) is 0 Å². The number of aromatic nitrogens is 5. The molecule has 10 rings (SSSR count). The standard InChI is InChI=1S/C48H54FN11O5/c1-50-37-25-42(55-60-41(26-51-45(37)60)47(63)53-36-24-34(36)49)52-35-6-4-5-33(44(35)65-3)30-17-19-57(20-18-30)27-28-15-21-58(22-16-28)32-10-7-29(8-11-32)31-9-12-38-40(23-31)56(2)48(64)59(38)39-13-14-43(61)54-46(39)62/h4-12,23,25-26,28,30,34,36,39,50H,13-22,24,27H2,1-3H3,(H,52,55)(H,53,63)(H,54,61,62)/t34-,36+,39?/m0/s1. The van der Waals surface area contributed by atoms with Crippen LogP contribution in [0.2, 0.25) is 0 Å². The van der Waals surface area contributed by atoms with Gasteiger partial charge in [-0.1, -0.05) is 30.3 Å². The van der Waals surface area contributed by atoms with E-state index in [4.69, 9.17) is 9.84 Å². The number of rotatable bonds is 12. The minimum atomic E-state index is -1.01. The highest BCUT2D eigenvalue weighted by molar-refractivity contribution is 6.00. The average Bonchev–Trinajstić information content (AvgIpc) is 3.73. The lowest BCUT2D eigenvalue weighted by Crippen LogP contribution is -2.44. The highest BCUT2D eigenvalue weighted by Gasteiger charge is 2.39. The number of carbonyl (C=O) groups is 3. The monoisotopic (exact) mass is 883 g/mol. The van der Waals surface area contributed by atoms with Gasteiger partial charge in [0, 0.05) is 58.3 Å². The van der Waals surface area contributed by atoms with Gasteiger partial charge < -0.3 is 30.5 Å². The van der Waals surface area contributed by atoms with Crippen molar-refractivity contribution in [3.05, 3.63) is 94.7 Å². The van der Waals surface area contributed by atoms with Gasteiger partial charge in [0.2, 0.25) is 11.8 Å². The number of imidazole rings is 2. The number of likely N-dealkylation sites (tertiary alicyclic amines) is 1.